The summed E-state index contributed by atoms with van der Waals surface area (Å²) in [5, 5.41) is 20.2. The molecule has 3 heterocycles. The molecular formula is C25H32FN5O4. The number of nitrogens with zero attached hydrogens (tertiary/aromatic N) is 3. The van der Waals surface area contributed by atoms with Crippen LogP contribution in [-0.4, -0.2) is 72.0 Å². The first-order valence-corrected chi connectivity index (χ1v) is 11.7. The molecule has 1 aliphatic rings. The summed E-state index contributed by atoms with van der Waals surface area (Å²) in [6.45, 7) is 6.74. The van der Waals surface area contributed by atoms with Crippen LogP contribution in [0.25, 0.3) is 22.6 Å². The van der Waals surface area contributed by atoms with Gasteiger partial charge in [-0.15, -0.1) is 0 Å². The molecule has 1 saturated heterocycles. The van der Waals surface area contributed by atoms with Gasteiger partial charge in [-0.25, -0.2) is 14.4 Å². The van der Waals surface area contributed by atoms with E-state index in [4.69, 9.17) is 24.0 Å². The Bertz CT molecular complexity index is 1140. The van der Waals surface area contributed by atoms with E-state index in [1.54, 1.807) is 7.05 Å². The van der Waals surface area contributed by atoms with E-state index in [0.717, 1.165) is 16.7 Å². The molecule has 1 aromatic carbocycles. The fourth-order valence-corrected chi connectivity index (χ4v) is 4.10. The van der Waals surface area contributed by atoms with Crippen molar-refractivity contribution in [1.29, 1.82) is 0 Å². The van der Waals surface area contributed by atoms with Crippen molar-refractivity contribution in [3.8, 4) is 28.4 Å². The van der Waals surface area contributed by atoms with Crippen molar-refractivity contribution in [2.24, 2.45) is 0 Å². The number of halogens is 1. The summed E-state index contributed by atoms with van der Waals surface area (Å²) >= 11 is 0. The van der Waals surface area contributed by atoms with E-state index in [0.29, 0.717) is 54.1 Å². The average Bonchev–Trinajstić information content (AvgIpc) is 3.18. The topological polar surface area (TPSA) is 115 Å². The summed E-state index contributed by atoms with van der Waals surface area (Å²) in [5.41, 5.74) is 3.69. The first kappa shape index (κ1) is 25.0. The predicted molar refractivity (Wildman–Crippen MR) is 130 cm³/mol. The van der Waals surface area contributed by atoms with Crippen molar-refractivity contribution < 1.29 is 23.5 Å². The van der Waals surface area contributed by atoms with Crippen molar-refractivity contribution in [3.63, 3.8) is 0 Å². The normalized spacial score (nSPS) is 18.9. The minimum Gasteiger partial charge on any atom is -0.491 e. The van der Waals surface area contributed by atoms with Gasteiger partial charge in [0, 0.05) is 24.3 Å². The lowest BCUT2D eigenvalue weighted by Gasteiger charge is -2.28. The fourth-order valence-electron chi connectivity index (χ4n) is 4.10. The number of benzene rings is 1. The summed E-state index contributed by atoms with van der Waals surface area (Å²) in [6, 6.07) is 6.95. The molecule has 0 amide bonds. The van der Waals surface area contributed by atoms with Crippen LogP contribution in [0.2, 0.25) is 0 Å². The zero-order chi connectivity index (χ0) is 24.9. The first-order chi connectivity index (χ1) is 16.9. The maximum absolute atomic E-state index is 14.6. The second kappa shape index (κ2) is 11.1. The predicted octanol–water partition coefficient (Wildman–Crippen LogP) is 3.22. The summed E-state index contributed by atoms with van der Waals surface area (Å²) in [4.78, 5) is 9.63. The Hall–Kier alpha value is -3.08. The van der Waals surface area contributed by atoms with Crippen LogP contribution in [0.4, 0.5) is 10.2 Å². The number of alkyl halides is 1. The summed E-state index contributed by atoms with van der Waals surface area (Å²) in [6.07, 6.45) is -1.22. The Kier molecular flexibility index (Phi) is 7.94. The SMILES string of the molecule is CNCC(O)COc1cccc(-c2nc(N[C@H]3CCOC[C@@H]3F)c(C)c(-c3c(C)noc3C)n2)c1. The van der Waals surface area contributed by atoms with Crippen molar-refractivity contribution in [2.75, 3.05) is 38.7 Å². The Labute approximate surface area is 204 Å². The highest BCUT2D eigenvalue weighted by Crippen LogP contribution is 2.34. The molecule has 1 fully saturated rings. The Morgan fingerprint density at radius 2 is 2.09 bits per heavy atom. The highest BCUT2D eigenvalue weighted by molar-refractivity contribution is 5.74. The van der Waals surface area contributed by atoms with Gasteiger partial charge >= 0.3 is 0 Å². The van der Waals surface area contributed by atoms with Crippen LogP contribution in [0.5, 0.6) is 5.75 Å². The molecule has 35 heavy (non-hydrogen) atoms. The molecule has 0 bridgehead atoms. The van der Waals surface area contributed by atoms with Crippen LogP contribution in [0.15, 0.2) is 28.8 Å². The standard InChI is InChI=1S/C25H32FN5O4/c1-14-23(22-15(2)31-35-16(22)3)29-25(30-24(14)28-21-8-9-33-13-20(21)26)17-6-5-7-19(10-17)34-12-18(32)11-27-4/h5-7,10,18,20-21,27,32H,8-9,11-13H2,1-4H3,(H,28,29,30)/t18?,20-,21-/m0/s1. The van der Waals surface area contributed by atoms with E-state index in [9.17, 15) is 9.50 Å². The van der Waals surface area contributed by atoms with Crippen molar-refractivity contribution >= 4 is 5.82 Å². The van der Waals surface area contributed by atoms with Crippen LogP contribution >= 0.6 is 0 Å². The highest BCUT2D eigenvalue weighted by atomic mass is 19.1. The van der Waals surface area contributed by atoms with Gasteiger partial charge in [-0.05, 0) is 46.4 Å². The van der Waals surface area contributed by atoms with Gasteiger partial charge in [-0.2, -0.15) is 0 Å². The van der Waals surface area contributed by atoms with Crippen molar-refractivity contribution in [2.45, 2.75) is 45.5 Å². The lowest BCUT2D eigenvalue weighted by molar-refractivity contribution is 0.0285. The van der Waals surface area contributed by atoms with Crippen molar-refractivity contribution in [3.05, 3.63) is 41.3 Å². The molecule has 0 saturated carbocycles. The number of aryl methyl sites for hydroxylation is 2. The first-order valence-electron chi connectivity index (χ1n) is 11.7. The maximum Gasteiger partial charge on any atom is 0.162 e. The monoisotopic (exact) mass is 485 g/mol. The van der Waals surface area contributed by atoms with Gasteiger partial charge in [0.25, 0.3) is 0 Å². The van der Waals surface area contributed by atoms with Crippen LogP contribution in [0.1, 0.15) is 23.4 Å². The van der Waals surface area contributed by atoms with Gasteiger partial charge in [0.15, 0.2) is 5.82 Å². The number of nitrogens with one attached hydrogen (secondary N) is 2. The molecule has 0 radical (unpaired) electrons. The number of hydrogen-bond acceptors (Lipinski definition) is 9. The molecule has 9 nitrogen and oxygen atoms in total. The van der Waals surface area contributed by atoms with E-state index < -0.39 is 18.3 Å². The molecule has 3 atom stereocenters. The van der Waals surface area contributed by atoms with E-state index in [1.165, 1.54) is 0 Å². The lowest BCUT2D eigenvalue weighted by atomic mass is 10.0. The third kappa shape index (κ3) is 5.77. The molecule has 0 spiro atoms. The quantitative estimate of drug-likeness (QED) is 0.420. The second-order valence-corrected chi connectivity index (χ2v) is 8.75. The maximum atomic E-state index is 14.6. The largest absolute Gasteiger partial charge is 0.491 e. The molecule has 3 N–H and O–H groups in total. The number of aromatic nitrogens is 3. The zero-order valence-corrected chi connectivity index (χ0v) is 20.5. The van der Waals surface area contributed by atoms with Gasteiger partial charge < -0.3 is 29.7 Å². The molecule has 1 aliphatic heterocycles. The van der Waals surface area contributed by atoms with E-state index >= 15 is 0 Å². The van der Waals surface area contributed by atoms with Crippen LogP contribution in [0.3, 0.4) is 0 Å². The number of aliphatic hydroxyl groups excluding tert-OH is 1. The highest BCUT2D eigenvalue weighted by Gasteiger charge is 2.28. The Morgan fingerprint density at radius 3 is 2.80 bits per heavy atom. The van der Waals surface area contributed by atoms with Gasteiger partial charge in [0.05, 0.1) is 29.6 Å². The molecular weight excluding hydrogens is 453 g/mol. The van der Waals surface area contributed by atoms with Crippen LogP contribution in [-0.2, 0) is 4.74 Å². The Morgan fingerprint density at radius 1 is 1.26 bits per heavy atom. The molecule has 0 aliphatic carbocycles. The number of aliphatic hydroxyl groups is 1. The molecule has 3 aromatic rings. The molecule has 1 unspecified atom stereocenters. The number of ether oxygens (including phenoxy) is 2. The zero-order valence-electron chi connectivity index (χ0n) is 20.5. The fraction of sp³-hybridized carbons (Fsp3) is 0.480. The van der Waals surface area contributed by atoms with Gasteiger partial charge in [0.2, 0.25) is 0 Å². The average molecular weight is 486 g/mol. The smallest absolute Gasteiger partial charge is 0.162 e. The third-order valence-corrected chi connectivity index (χ3v) is 6.00. The molecule has 2 aromatic heterocycles. The van der Waals surface area contributed by atoms with Crippen molar-refractivity contribution in [1.82, 2.24) is 20.4 Å². The van der Waals surface area contributed by atoms with E-state index in [2.05, 4.69) is 15.8 Å². The Balaban J connectivity index is 1.73. The van der Waals surface area contributed by atoms with Crippen LogP contribution < -0.4 is 15.4 Å². The van der Waals surface area contributed by atoms with Crippen LogP contribution in [0, 0.1) is 20.8 Å². The van der Waals surface area contributed by atoms with E-state index in [1.807, 2.05) is 45.0 Å². The van der Waals surface area contributed by atoms with Gasteiger partial charge in [0.1, 0.15) is 36.2 Å². The molecule has 10 heteroatoms. The summed E-state index contributed by atoms with van der Waals surface area (Å²) in [7, 11) is 1.77. The number of hydrogen-bond donors (Lipinski definition) is 3. The minimum atomic E-state index is -1.13. The molecule has 4 rings (SSSR count). The summed E-state index contributed by atoms with van der Waals surface area (Å²) in [5.74, 6) is 2.24. The third-order valence-electron chi connectivity index (χ3n) is 6.00. The van der Waals surface area contributed by atoms with Gasteiger partial charge in [-0.3, -0.25) is 0 Å². The van der Waals surface area contributed by atoms with Gasteiger partial charge in [-0.1, -0.05) is 17.3 Å². The summed E-state index contributed by atoms with van der Waals surface area (Å²) < 4.78 is 31.0. The minimum absolute atomic E-state index is 0.0597. The lowest BCUT2D eigenvalue weighted by Crippen LogP contribution is -2.39. The number of likely N-dealkylation sites (N-methyl/N-ethyl adjacent to an activating group) is 1. The van der Waals surface area contributed by atoms with E-state index in [-0.39, 0.29) is 13.2 Å². The second-order valence-electron chi connectivity index (χ2n) is 8.75. The molecule has 188 valence electrons. The number of anilines is 1. The number of rotatable bonds is 9.